The third-order valence-corrected chi connectivity index (χ3v) is 5.99. The van der Waals surface area contributed by atoms with E-state index in [0.717, 1.165) is 38.5 Å². The minimum absolute atomic E-state index is 0.0473. The highest BCUT2D eigenvalue weighted by Crippen LogP contribution is 2.32. The van der Waals surface area contributed by atoms with E-state index in [1.807, 2.05) is 6.08 Å². The Hall–Kier alpha value is -1.36. The van der Waals surface area contributed by atoms with Crippen LogP contribution >= 0.6 is 0 Å². The molecule has 1 aliphatic carbocycles. The second-order valence-corrected chi connectivity index (χ2v) is 8.49. The highest BCUT2D eigenvalue weighted by molar-refractivity contribution is 5.91. The Bertz CT molecular complexity index is 521. The third kappa shape index (κ3) is 7.23. The van der Waals surface area contributed by atoms with E-state index in [4.69, 9.17) is 9.47 Å². The second kappa shape index (κ2) is 12.3. The summed E-state index contributed by atoms with van der Waals surface area (Å²) >= 11 is 0. The zero-order valence-electron chi connectivity index (χ0n) is 17.5. The van der Waals surface area contributed by atoms with E-state index in [2.05, 4.69) is 6.92 Å². The molecule has 0 radical (unpaired) electrons. The van der Waals surface area contributed by atoms with Gasteiger partial charge in [-0.15, -0.1) is 0 Å². The van der Waals surface area contributed by atoms with Gasteiger partial charge < -0.3 is 14.6 Å². The minimum Gasteiger partial charge on any atom is -0.461 e. The maximum atomic E-state index is 12.3. The number of aliphatic hydroxyl groups excluding tert-OH is 1. The number of allylic oxidation sites excluding steroid dienone is 1. The van der Waals surface area contributed by atoms with E-state index in [9.17, 15) is 14.7 Å². The zero-order valence-corrected chi connectivity index (χ0v) is 17.5. The van der Waals surface area contributed by atoms with Gasteiger partial charge in [0.2, 0.25) is 0 Å². The molecule has 1 unspecified atom stereocenters. The summed E-state index contributed by atoms with van der Waals surface area (Å²) in [6.45, 7) is 1.83. The summed E-state index contributed by atoms with van der Waals surface area (Å²) in [6.07, 6.45) is 16.8. The van der Waals surface area contributed by atoms with Crippen LogP contribution in [0.3, 0.4) is 0 Å². The van der Waals surface area contributed by atoms with Crippen molar-refractivity contribution in [1.82, 2.24) is 0 Å². The Labute approximate surface area is 169 Å². The first-order valence-corrected chi connectivity index (χ1v) is 11.3. The smallest absolute Gasteiger partial charge is 0.334 e. The van der Waals surface area contributed by atoms with Crippen LogP contribution in [0.25, 0.3) is 0 Å². The SMILES string of the molecule is CCCCCCCCC/C=C1/CC(CO)(COC(=O)C2CCCCC2)OC1=O. The summed E-state index contributed by atoms with van der Waals surface area (Å²) < 4.78 is 10.9. The second-order valence-electron chi connectivity index (χ2n) is 8.49. The van der Waals surface area contributed by atoms with Crippen molar-refractivity contribution in [3.05, 3.63) is 11.6 Å². The molecule has 0 bridgehead atoms. The predicted molar refractivity (Wildman–Crippen MR) is 109 cm³/mol. The molecule has 2 aliphatic rings. The van der Waals surface area contributed by atoms with E-state index >= 15 is 0 Å². The molecule has 0 spiro atoms. The molecule has 28 heavy (non-hydrogen) atoms. The van der Waals surface area contributed by atoms with Crippen LogP contribution in [0.5, 0.6) is 0 Å². The lowest BCUT2D eigenvalue weighted by atomic mass is 9.89. The van der Waals surface area contributed by atoms with Crippen molar-refractivity contribution in [1.29, 1.82) is 0 Å². The summed E-state index contributed by atoms with van der Waals surface area (Å²) in [5, 5.41) is 9.79. The number of hydrogen-bond acceptors (Lipinski definition) is 5. The summed E-state index contributed by atoms with van der Waals surface area (Å²) in [6, 6.07) is 0. The van der Waals surface area contributed by atoms with Gasteiger partial charge in [-0.3, -0.25) is 4.79 Å². The van der Waals surface area contributed by atoms with Crippen molar-refractivity contribution in [2.24, 2.45) is 5.92 Å². The highest BCUT2D eigenvalue weighted by atomic mass is 16.6. The number of unbranched alkanes of at least 4 members (excludes halogenated alkanes) is 7. The molecule has 1 heterocycles. The van der Waals surface area contributed by atoms with Crippen molar-refractivity contribution in [2.75, 3.05) is 13.2 Å². The van der Waals surface area contributed by atoms with Gasteiger partial charge in [-0.25, -0.2) is 4.79 Å². The molecule has 2 rings (SSSR count). The van der Waals surface area contributed by atoms with Gasteiger partial charge in [0.25, 0.3) is 0 Å². The molecule has 2 fully saturated rings. The quantitative estimate of drug-likeness (QED) is 0.291. The number of rotatable bonds is 12. The molecule has 1 saturated carbocycles. The lowest BCUT2D eigenvalue weighted by Crippen LogP contribution is -2.40. The topological polar surface area (TPSA) is 72.8 Å². The summed E-state index contributed by atoms with van der Waals surface area (Å²) in [4.78, 5) is 24.4. The van der Waals surface area contributed by atoms with Gasteiger partial charge in [-0.05, 0) is 25.7 Å². The molecule has 1 N–H and O–H groups in total. The van der Waals surface area contributed by atoms with Crippen molar-refractivity contribution in [2.45, 2.75) is 102 Å². The van der Waals surface area contributed by atoms with E-state index in [1.54, 1.807) is 0 Å². The Morgan fingerprint density at radius 2 is 1.82 bits per heavy atom. The number of cyclic esters (lactones) is 1. The van der Waals surface area contributed by atoms with Gasteiger partial charge in [0.15, 0.2) is 5.60 Å². The monoisotopic (exact) mass is 394 g/mol. The molecule has 0 aromatic carbocycles. The number of ether oxygens (including phenoxy) is 2. The number of esters is 2. The average Bonchev–Trinajstić information content (AvgIpc) is 3.05. The van der Waals surface area contributed by atoms with Crippen LogP contribution in [0.1, 0.15) is 96.8 Å². The number of hydrogen-bond donors (Lipinski definition) is 1. The van der Waals surface area contributed by atoms with Crippen molar-refractivity contribution < 1.29 is 24.2 Å². The van der Waals surface area contributed by atoms with Crippen LogP contribution in [0.4, 0.5) is 0 Å². The molecule has 5 nitrogen and oxygen atoms in total. The molecule has 1 atom stereocenters. The molecular formula is C23H38O5. The maximum absolute atomic E-state index is 12.3. The number of carbonyl (C=O) groups is 2. The summed E-state index contributed by atoms with van der Waals surface area (Å²) in [7, 11) is 0. The Morgan fingerprint density at radius 3 is 2.50 bits per heavy atom. The Balaban J connectivity index is 1.73. The van der Waals surface area contributed by atoms with E-state index in [1.165, 1.54) is 44.9 Å². The van der Waals surface area contributed by atoms with Crippen molar-refractivity contribution in [3.63, 3.8) is 0 Å². The maximum Gasteiger partial charge on any atom is 0.334 e. The fourth-order valence-corrected chi connectivity index (χ4v) is 4.12. The molecule has 5 heteroatoms. The largest absolute Gasteiger partial charge is 0.461 e. The Morgan fingerprint density at radius 1 is 1.14 bits per heavy atom. The molecule has 1 aliphatic heterocycles. The number of carbonyl (C=O) groups excluding carboxylic acids is 2. The van der Waals surface area contributed by atoms with Gasteiger partial charge in [0.1, 0.15) is 6.61 Å². The van der Waals surface area contributed by atoms with Crippen molar-refractivity contribution >= 4 is 11.9 Å². The van der Waals surface area contributed by atoms with Gasteiger partial charge in [0.05, 0.1) is 12.5 Å². The standard InChI is InChI=1S/C23H38O5/c1-2-3-4-5-6-7-8-10-15-20-16-23(17-24,28-22(20)26)18-27-21(25)19-13-11-9-12-14-19/h15,19,24H,2-14,16-18H2,1H3/b20-15-. The van der Waals surface area contributed by atoms with Crippen LogP contribution in [0.15, 0.2) is 11.6 Å². The lowest BCUT2D eigenvalue weighted by molar-refractivity contribution is -0.169. The van der Waals surface area contributed by atoms with E-state index in [-0.39, 0.29) is 31.1 Å². The average molecular weight is 395 g/mol. The van der Waals surface area contributed by atoms with Gasteiger partial charge >= 0.3 is 11.9 Å². The fraction of sp³-hybridized carbons (Fsp3) is 0.826. The van der Waals surface area contributed by atoms with Crippen LogP contribution in [0.2, 0.25) is 0 Å². The minimum atomic E-state index is -1.10. The zero-order chi connectivity index (χ0) is 20.2. The third-order valence-electron chi connectivity index (χ3n) is 5.99. The Kier molecular flexibility index (Phi) is 10.0. The first-order valence-electron chi connectivity index (χ1n) is 11.3. The van der Waals surface area contributed by atoms with Gasteiger partial charge in [-0.1, -0.05) is 70.8 Å². The van der Waals surface area contributed by atoms with Gasteiger partial charge in [-0.2, -0.15) is 0 Å². The van der Waals surface area contributed by atoms with E-state index < -0.39 is 5.60 Å². The highest BCUT2D eigenvalue weighted by Gasteiger charge is 2.44. The van der Waals surface area contributed by atoms with Crippen LogP contribution in [0, 0.1) is 5.92 Å². The molecule has 160 valence electrons. The molecule has 0 aromatic heterocycles. The molecule has 0 amide bonds. The molecular weight excluding hydrogens is 356 g/mol. The number of aliphatic hydroxyl groups is 1. The predicted octanol–water partition coefficient (Wildman–Crippen LogP) is 4.86. The summed E-state index contributed by atoms with van der Waals surface area (Å²) in [5.41, 5.74) is -0.498. The molecule has 0 aromatic rings. The summed E-state index contributed by atoms with van der Waals surface area (Å²) in [5.74, 6) is -0.649. The molecule has 1 saturated heterocycles. The fourth-order valence-electron chi connectivity index (χ4n) is 4.12. The lowest BCUT2D eigenvalue weighted by Gasteiger charge is -2.26. The van der Waals surface area contributed by atoms with Gasteiger partial charge in [0, 0.05) is 12.0 Å². The van der Waals surface area contributed by atoms with Crippen LogP contribution in [-0.2, 0) is 19.1 Å². The first kappa shape index (κ1) is 22.9. The normalized spacial score (nSPS) is 24.5. The van der Waals surface area contributed by atoms with Crippen LogP contribution < -0.4 is 0 Å². The van der Waals surface area contributed by atoms with Crippen LogP contribution in [-0.4, -0.2) is 35.9 Å². The van der Waals surface area contributed by atoms with Crippen molar-refractivity contribution in [3.8, 4) is 0 Å². The van der Waals surface area contributed by atoms with E-state index in [0.29, 0.717) is 12.0 Å². The first-order chi connectivity index (χ1) is 13.6.